The van der Waals surface area contributed by atoms with Gasteiger partial charge in [0.1, 0.15) is 5.75 Å². The summed E-state index contributed by atoms with van der Waals surface area (Å²) in [5.41, 5.74) is 2.29. The lowest BCUT2D eigenvalue weighted by atomic mass is 9.98. The van der Waals surface area contributed by atoms with Crippen LogP contribution in [0.4, 0.5) is 0 Å². The summed E-state index contributed by atoms with van der Waals surface area (Å²) in [4.78, 5) is 0. The van der Waals surface area contributed by atoms with E-state index in [2.05, 4.69) is 12.2 Å². The highest BCUT2D eigenvalue weighted by Gasteiger charge is 2.25. The molecule has 2 rings (SSSR count). The molecule has 3 heteroatoms. The largest absolute Gasteiger partial charge is 0.496 e. The Hall–Kier alpha value is -0.730. The van der Waals surface area contributed by atoms with E-state index in [9.17, 15) is 0 Å². The van der Waals surface area contributed by atoms with Crippen molar-refractivity contribution in [2.45, 2.75) is 26.3 Å². The van der Waals surface area contributed by atoms with Crippen molar-refractivity contribution in [3.05, 3.63) is 28.3 Å². The summed E-state index contributed by atoms with van der Waals surface area (Å²) in [6.07, 6.45) is 1.15. The summed E-state index contributed by atoms with van der Waals surface area (Å²) in [6.45, 7) is 5.36. The van der Waals surface area contributed by atoms with Crippen LogP contribution in [0.15, 0.2) is 12.1 Å². The van der Waals surface area contributed by atoms with E-state index < -0.39 is 0 Å². The Bertz CT molecular complexity index is 392. The van der Waals surface area contributed by atoms with Crippen molar-refractivity contribution in [2.24, 2.45) is 5.92 Å². The van der Waals surface area contributed by atoms with Gasteiger partial charge in [0.05, 0.1) is 7.11 Å². The van der Waals surface area contributed by atoms with Crippen molar-refractivity contribution in [1.82, 2.24) is 5.32 Å². The van der Waals surface area contributed by atoms with Crippen LogP contribution in [0.5, 0.6) is 5.75 Å². The van der Waals surface area contributed by atoms with E-state index in [1.165, 1.54) is 5.56 Å². The minimum atomic E-state index is 0.377. The van der Waals surface area contributed by atoms with E-state index >= 15 is 0 Å². The van der Waals surface area contributed by atoms with Gasteiger partial charge in [-0.05, 0) is 43.5 Å². The number of aryl methyl sites for hydroxylation is 1. The predicted octanol–water partition coefficient (Wildman–Crippen LogP) is 3.33. The summed E-state index contributed by atoms with van der Waals surface area (Å²) in [5.74, 6) is 1.69. The molecule has 1 fully saturated rings. The van der Waals surface area contributed by atoms with Crippen LogP contribution in [-0.4, -0.2) is 13.7 Å². The molecule has 0 bridgehead atoms. The second-order valence-corrected chi connectivity index (χ2v) is 5.08. The average molecular weight is 240 g/mol. The molecule has 0 spiro atoms. The molecular weight excluding hydrogens is 222 g/mol. The van der Waals surface area contributed by atoms with Crippen LogP contribution in [0.1, 0.15) is 30.5 Å². The molecule has 2 nitrogen and oxygen atoms in total. The number of hydrogen-bond acceptors (Lipinski definition) is 2. The molecular formula is C13H18ClNO. The van der Waals surface area contributed by atoms with Gasteiger partial charge in [-0.2, -0.15) is 0 Å². The summed E-state index contributed by atoms with van der Waals surface area (Å²) in [5, 5.41) is 4.30. The molecule has 0 radical (unpaired) electrons. The van der Waals surface area contributed by atoms with E-state index in [4.69, 9.17) is 16.3 Å². The van der Waals surface area contributed by atoms with Gasteiger partial charge in [-0.25, -0.2) is 0 Å². The van der Waals surface area contributed by atoms with Gasteiger partial charge >= 0.3 is 0 Å². The lowest BCUT2D eigenvalue weighted by Gasteiger charge is -2.17. The summed E-state index contributed by atoms with van der Waals surface area (Å²) in [7, 11) is 1.72. The fourth-order valence-electron chi connectivity index (χ4n) is 2.44. The van der Waals surface area contributed by atoms with Crippen LogP contribution in [-0.2, 0) is 0 Å². The SMILES string of the molecule is COc1c(C)cc(Cl)cc1[C@@H]1C[C@@H](C)CN1. The highest BCUT2D eigenvalue weighted by atomic mass is 35.5. The van der Waals surface area contributed by atoms with Crippen molar-refractivity contribution in [2.75, 3.05) is 13.7 Å². The standard InChI is InChI=1S/C13H18ClNO/c1-8-4-12(15-7-8)11-6-10(14)5-9(2)13(11)16-3/h5-6,8,12,15H,4,7H2,1-3H3/t8-,12+/m1/s1. The first-order valence-corrected chi connectivity index (χ1v) is 6.07. The zero-order valence-corrected chi connectivity index (χ0v) is 10.8. The third-order valence-corrected chi connectivity index (χ3v) is 3.42. The Labute approximate surface area is 102 Å². The van der Waals surface area contributed by atoms with E-state index in [1.54, 1.807) is 7.11 Å². The van der Waals surface area contributed by atoms with Gasteiger partial charge in [0.2, 0.25) is 0 Å². The lowest BCUT2D eigenvalue weighted by molar-refractivity contribution is 0.399. The van der Waals surface area contributed by atoms with Gasteiger partial charge in [-0.1, -0.05) is 18.5 Å². The number of benzene rings is 1. The predicted molar refractivity (Wildman–Crippen MR) is 67.3 cm³/mol. The van der Waals surface area contributed by atoms with Crippen molar-refractivity contribution >= 4 is 11.6 Å². The summed E-state index contributed by atoms with van der Waals surface area (Å²) in [6, 6.07) is 4.34. The van der Waals surface area contributed by atoms with Gasteiger partial charge < -0.3 is 10.1 Å². The quantitative estimate of drug-likeness (QED) is 0.855. The third kappa shape index (κ3) is 2.18. The molecule has 0 unspecified atom stereocenters. The molecule has 0 aliphatic carbocycles. The van der Waals surface area contributed by atoms with Gasteiger partial charge in [-0.15, -0.1) is 0 Å². The van der Waals surface area contributed by atoms with Crippen molar-refractivity contribution in [1.29, 1.82) is 0 Å². The lowest BCUT2D eigenvalue weighted by Crippen LogP contribution is -2.14. The van der Waals surface area contributed by atoms with Crippen molar-refractivity contribution in [3.8, 4) is 5.75 Å². The smallest absolute Gasteiger partial charge is 0.126 e. The fourth-order valence-corrected chi connectivity index (χ4v) is 2.72. The van der Waals surface area contributed by atoms with Gasteiger partial charge in [0.25, 0.3) is 0 Å². The number of methoxy groups -OCH3 is 1. The van der Waals surface area contributed by atoms with Crippen molar-refractivity contribution in [3.63, 3.8) is 0 Å². The normalized spacial score (nSPS) is 24.8. The summed E-state index contributed by atoms with van der Waals surface area (Å²) >= 11 is 6.11. The fraction of sp³-hybridized carbons (Fsp3) is 0.538. The molecule has 16 heavy (non-hydrogen) atoms. The molecule has 1 heterocycles. The molecule has 1 N–H and O–H groups in total. The number of nitrogens with one attached hydrogen (secondary N) is 1. The first-order valence-electron chi connectivity index (χ1n) is 5.69. The van der Waals surface area contributed by atoms with Gasteiger partial charge in [0, 0.05) is 16.6 Å². The maximum absolute atomic E-state index is 6.11. The van der Waals surface area contributed by atoms with Crippen LogP contribution in [0.25, 0.3) is 0 Å². The number of ether oxygens (including phenoxy) is 1. The maximum Gasteiger partial charge on any atom is 0.126 e. The second-order valence-electron chi connectivity index (χ2n) is 4.65. The topological polar surface area (TPSA) is 21.3 Å². The third-order valence-electron chi connectivity index (χ3n) is 3.20. The molecule has 1 aromatic carbocycles. The number of hydrogen-bond donors (Lipinski definition) is 1. The first kappa shape index (κ1) is 11.7. The van der Waals surface area contributed by atoms with E-state index in [-0.39, 0.29) is 0 Å². The van der Waals surface area contributed by atoms with E-state index in [1.807, 2.05) is 19.1 Å². The molecule has 88 valence electrons. The molecule has 0 saturated carbocycles. The number of rotatable bonds is 2. The highest BCUT2D eigenvalue weighted by Crippen LogP contribution is 2.36. The molecule has 2 atom stereocenters. The molecule has 1 aromatic rings. The first-order chi connectivity index (χ1) is 7.61. The van der Waals surface area contributed by atoms with E-state index in [0.717, 1.165) is 29.3 Å². The number of halogens is 1. The van der Waals surface area contributed by atoms with Crippen LogP contribution in [0.3, 0.4) is 0 Å². The summed E-state index contributed by atoms with van der Waals surface area (Å²) < 4.78 is 5.48. The Kier molecular flexibility index (Phi) is 3.41. The molecule has 1 saturated heterocycles. The monoisotopic (exact) mass is 239 g/mol. The Morgan fingerprint density at radius 3 is 2.75 bits per heavy atom. The second kappa shape index (κ2) is 4.64. The molecule has 0 aromatic heterocycles. The van der Waals surface area contributed by atoms with E-state index in [0.29, 0.717) is 12.0 Å². The minimum absolute atomic E-state index is 0.377. The highest BCUT2D eigenvalue weighted by molar-refractivity contribution is 6.30. The molecule has 1 aliphatic heterocycles. The zero-order chi connectivity index (χ0) is 11.7. The zero-order valence-electron chi connectivity index (χ0n) is 10.0. The Morgan fingerprint density at radius 2 is 2.19 bits per heavy atom. The minimum Gasteiger partial charge on any atom is -0.496 e. The van der Waals surface area contributed by atoms with Crippen LogP contribution >= 0.6 is 11.6 Å². The van der Waals surface area contributed by atoms with Crippen LogP contribution < -0.4 is 10.1 Å². The average Bonchev–Trinajstić information content (AvgIpc) is 2.63. The van der Waals surface area contributed by atoms with Crippen LogP contribution in [0.2, 0.25) is 5.02 Å². The Balaban J connectivity index is 2.38. The van der Waals surface area contributed by atoms with Gasteiger partial charge in [-0.3, -0.25) is 0 Å². The maximum atomic E-state index is 6.11. The molecule has 0 amide bonds. The Morgan fingerprint density at radius 1 is 1.44 bits per heavy atom. The van der Waals surface area contributed by atoms with Crippen LogP contribution in [0, 0.1) is 12.8 Å². The van der Waals surface area contributed by atoms with Crippen molar-refractivity contribution < 1.29 is 4.74 Å². The molecule has 1 aliphatic rings. The van der Waals surface area contributed by atoms with Gasteiger partial charge in [0.15, 0.2) is 0 Å².